The first-order valence-electron chi connectivity index (χ1n) is 6.02. The molecule has 0 atom stereocenters. The van der Waals surface area contributed by atoms with Gasteiger partial charge in [-0.3, -0.25) is 9.78 Å². The van der Waals surface area contributed by atoms with Crippen LogP contribution in [0.5, 0.6) is 0 Å². The fourth-order valence-corrected chi connectivity index (χ4v) is 1.44. The normalized spacial score (nSPS) is 11.3. The lowest BCUT2D eigenvalue weighted by molar-refractivity contribution is 0.0896. The lowest BCUT2D eigenvalue weighted by Gasteiger charge is -2.27. The number of amides is 1. The van der Waals surface area contributed by atoms with Crippen molar-refractivity contribution in [1.29, 1.82) is 0 Å². The highest BCUT2D eigenvalue weighted by molar-refractivity contribution is 5.92. The van der Waals surface area contributed by atoms with E-state index in [1.165, 1.54) is 0 Å². The van der Waals surface area contributed by atoms with E-state index in [0.29, 0.717) is 12.2 Å². The Labute approximate surface area is 103 Å². The molecule has 1 aromatic heterocycles. The van der Waals surface area contributed by atoms with E-state index in [2.05, 4.69) is 24.1 Å². The summed E-state index contributed by atoms with van der Waals surface area (Å²) in [6, 6.07) is 3.54. The van der Waals surface area contributed by atoms with Crippen LogP contribution in [0.4, 0.5) is 0 Å². The van der Waals surface area contributed by atoms with Gasteiger partial charge in [-0.2, -0.15) is 0 Å². The topological polar surface area (TPSA) is 68.0 Å². The van der Waals surface area contributed by atoms with Crippen LogP contribution < -0.4 is 11.1 Å². The smallest absolute Gasteiger partial charge is 0.270 e. The molecule has 0 fully saturated rings. The van der Waals surface area contributed by atoms with Gasteiger partial charge in [0.1, 0.15) is 5.69 Å². The first kappa shape index (κ1) is 13.6. The molecule has 1 amide bonds. The van der Waals surface area contributed by atoms with Crippen LogP contribution in [0.2, 0.25) is 0 Å². The Morgan fingerprint density at radius 2 is 2.06 bits per heavy atom. The van der Waals surface area contributed by atoms with Gasteiger partial charge in [0, 0.05) is 18.3 Å². The van der Waals surface area contributed by atoms with Gasteiger partial charge in [-0.05, 0) is 31.4 Å². The van der Waals surface area contributed by atoms with Crippen molar-refractivity contribution >= 4 is 5.91 Å². The average Bonchev–Trinajstić information content (AvgIpc) is 2.38. The summed E-state index contributed by atoms with van der Waals surface area (Å²) in [5.74, 6) is -0.125. The van der Waals surface area contributed by atoms with Crippen LogP contribution >= 0.6 is 0 Å². The predicted molar refractivity (Wildman–Crippen MR) is 68.6 cm³/mol. The molecule has 0 aliphatic carbocycles. The maximum absolute atomic E-state index is 12.0. The second-order valence-corrected chi connectivity index (χ2v) is 4.48. The van der Waals surface area contributed by atoms with Crippen molar-refractivity contribution in [2.75, 3.05) is 0 Å². The van der Waals surface area contributed by atoms with Gasteiger partial charge in [-0.1, -0.05) is 19.9 Å². The molecule has 4 nitrogen and oxygen atoms in total. The number of hydrogen-bond acceptors (Lipinski definition) is 3. The van der Waals surface area contributed by atoms with E-state index < -0.39 is 0 Å². The van der Waals surface area contributed by atoms with Gasteiger partial charge in [0.2, 0.25) is 0 Å². The highest BCUT2D eigenvalue weighted by Gasteiger charge is 2.22. The number of rotatable bonds is 5. The highest BCUT2D eigenvalue weighted by atomic mass is 16.2. The molecule has 1 aromatic rings. The van der Waals surface area contributed by atoms with Gasteiger partial charge in [0.05, 0.1) is 0 Å². The Hall–Kier alpha value is -1.42. The third-order valence-electron chi connectivity index (χ3n) is 3.27. The van der Waals surface area contributed by atoms with E-state index in [1.807, 2.05) is 13.0 Å². The fourth-order valence-electron chi connectivity index (χ4n) is 1.44. The van der Waals surface area contributed by atoms with Crippen molar-refractivity contribution in [1.82, 2.24) is 10.3 Å². The lowest BCUT2D eigenvalue weighted by Crippen LogP contribution is -2.45. The molecule has 0 unspecified atom stereocenters. The van der Waals surface area contributed by atoms with Crippen molar-refractivity contribution < 1.29 is 4.79 Å². The molecule has 0 radical (unpaired) electrons. The molecule has 3 N–H and O–H groups in total. The van der Waals surface area contributed by atoms with E-state index in [0.717, 1.165) is 18.4 Å². The molecule has 0 aliphatic rings. The van der Waals surface area contributed by atoms with E-state index in [9.17, 15) is 4.79 Å². The Morgan fingerprint density at radius 3 is 2.47 bits per heavy atom. The zero-order valence-corrected chi connectivity index (χ0v) is 10.8. The van der Waals surface area contributed by atoms with Gasteiger partial charge in [0.15, 0.2) is 0 Å². The van der Waals surface area contributed by atoms with Crippen LogP contribution in [-0.2, 0) is 6.54 Å². The Kier molecular flexibility index (Phi) is 4.63. The quantitative estimate of drug-likeness (QED) is 0.818. The zero-order valence-electron chi connectivity index (χ0n) is 10.8. The summed E-state index contributed by atoms with van der Waals surface area (Å²) in [4.78, 5) is 16.1. The van der Waals surface area contributed by atoms with Crippen LogP contribution in [0.15, 0.2) is 18.3 Å². The van der Waals surface area contributed by atoms with Crippen LogP contribution in [0.3, 0.4) is 0 Å². The summed E-state index contributed by atoms with van der Waals surface area (Å²) < 4.78 is 0. The van der Waals surface area contributed by atoms with Crippen LogP contribution in [-0.4, -0.2) is 16.4 Å². The summed E-state index contributed by atoms with van der Waals surface area (Å²) in [6.07, 6.45) is 3.44. The molecule has 0 bridgehead atoms. The fraction of sp³-hybridized carbons (Fsp3) is 0.538. The number of hydrogen-bond donors (Lipinski definition) is 2. The van der Waals surface area contributed by atoms with Gasteiger partial charge < -0.3 is 11.1 Å². The lowest BCUT2D eigenvalue weighted by atomic mass is 9.95. The minimum Gasteiger partial charge on any atom is -0.346 e. The number of nitrogens with two attached hydrogens (primary N) is 1. The second-order valence-electron chi connectivity index (χ2n) is 4.48. The summed E-state index contributed by atoms with van der Waals surface area (Å²) in [5, 5.41) is 3.01. The van der Waals surface area contributed by atoms with E-state index in [4.69, 9.17) is 5.73 Å². The maximum Gasteiger partial charge on any atom is 0.270 e. The largest absolute Gasteiger partial charge is 0.346 e. The molecule has 1 heterocycles. The summed E-state index contributed by atoms with van der Waals surface area (Å²) in [7, 11) is 0. The van der Waals surface area contributed by atoms with Crippen LogP contribution in [0, 0.1) is 0 Å². The third-order valence-corrected chi connectivity index (χ3v) is 3.27. The highest BCUT2D eigenvalue weighted by Crippen LogP contribution is 2.14. The molecule has 0 aromatic carbocycles. The van der Waals surface area contributed by atoms with E-state index in [1.54, 1.807) is 12.3 Å². The van der Waals surface area contributed by atoms with Crippen molar-refractivity contribution in [3.63, 3.8) is 0 Å². The molecule has 0 aliphatic heterocycles. The summed E-state index contributed by atoms with van der Waals surface area (Å²) in [5.41, 5.74) is 6.69. The number of nitrogens with zero attached hydrogens (tertiary/aromatic N) is 1. The standard InChI is InChI=1S/C13H21N3O/c1-4-13(3,5-2)16-12(17)11-7-6-10(8-14)9-15-11/h6-7,9H,4-5,8,14H2,1-3H3,(H,16,17). The van der Waals surface area contributed by atoms with Crippen molar-refractivity contribution in [2.45, 2.75) is 45.7 Å². The van der Waals surface area contributed by atoms with E-state index >= 15 is 0 Å². The number of carbonyl (C=O) groups is 1. The van der Waals surface area contributed by atoms with E-state index in [-0.39, 0.29) is 11.4 Å². The number of carbonyl (C=O) groups excluding carboxylic acids is 1. The number of aromatic nitrogens is 1. The number of nitrogens with one attached hydrogen (secondary N) is 1. The Morgan fingerprint density at radius 1 is 1.41 bits per heavy atom. The van der Waals surface area contributed by atoms with Crippen LogP contribution in [0.1, 0.15) is 49.7 Å². The minimum absolute atomic E-state index is 0.125. The van der Waals surface area contributed by atoms with Gasteiger partial charge in [0.25, 0.3) is 5.91 Å². The monoisotopic (exact) mass is 235 g/mol. The average molecular weight is 235 g/mol. The molecule has 0 saturated carbocycles. The number of pyridine rings is 1. The zero-order chi connectivity index (χ0) is 12.9. The molecule has 17 heavy (non-hydrogen) atoms. The minimum atomic E-state index is -0.161. The molecule has 0 spiro atoms. The Balaban J connectivity index is 2.75. The molecule has 4 heteroatoms. The maximum atomic E-state index is 12.0. The SMILES string of the molecule is CCC(C)(CC)NC(=O)c1ccc(CN)cn1. The molecule has 94 valence electrons. The van der Waals surface area contributed by atoms with Crippen molar-refractivity contribution in [3.05, 3.63) is 29.6 Å². The van der Waals surface area contributed by atoms with Crippen molar-refractivity contribution in [2.24, 2.45) is 5.73 Å². The summed E-state index contributed by atoms with van der Waals surface area (Å²) in [6.45, 7) is 6.61. The Bertz CT molecular complexity index is 369. The van der Waals surface area contributed by atoms with Gasteiger partial charge >= 0.3 is 0 Å². The molecule has 1 rings (SSSR count). The summed E-state index contributed by atoms with van der Waals surface area (Å²) >= 11 is 0. The van der Waals surface area contributed by atoms with Gasteiger partial charge in [-0.15, -0.1) is 0 Å². The third kappa shape index (κ3) is 3.53. The predicted octanol–water partition coefficient (Wildman–Crippen LogP) is 1.85. The van der Waals surface area contributed by atoms with Crippen molar-refractivity contribution in [3.8, 4) is 0 Å². The van der Waals surface area contributed by atoms with Gasteiger partial charge in [-0.25, -0.2) is 0 Å². The first-order valence-corrected chi connectivity index (χ1v) is 6.02. The second kappa shape index (κ2) is 5.77. The van der Waals surface area contributed by atoms with Crippen LogP contribution in [0.25, 0.3) is 0 Å². The molecular weight excluding hydrogens is 214 g/mol. The molecular formula is C13H21N3O. The first-order chi connectivity index (χ1) is 8.04. The molecule has 0 saturated heterocycles.